The molecule has 4 heavy (non-hydrogen) atoms. The van der Waals surface area contributed by atoms with Crippen LogP contribution in [-0.4, -0.2) is 18.3 Å². The molecule has 0 aliphatic rings. The third-order valence-corrected chi connectivity index (χ3v) is 0. The Morgan fingerprint density at radius 2 is 1.50 bits per heavy atom. The monoisotopic (exact) mass is 129 g/mol. The molecule has 0 amide bonds. The van der Waals surface area contributed by atoms with Gasteiger partial charge in [0.15, 0.2) is 0 Å². The molecular formula is HO3Se. The fraction of sp³-hybridized carbons (Fsp3) is 0. The number of hydrogen-bond acceptors (Lipinski definition) is 2. The van der Waals surface area contributed by atoms with Crippen LogP contribution in [0.15, 0.2) is 0 Å². The van der Waals surface area contributed by atoms with E-state index in [9.17, 15) is 0 Å². The molecule has 0 spiro atoms. The molecule has 25 valence electrons. The summed E-state index contributed by atoms with van der Waals surface area (Å²) in [4.78, 5) is 0. The van der Waals surface area contributed by atoms with E-state index in [1.165, 1.54) is 0 Å². The van der Waals surface area contributed by atoms with Crippen molar-refractivity contribution in [2.24, 2.45) is 0 Å². The van der Waals surface area contributed by atoms with Crippen molar-refractivity contribution in [1.29, 1.82) is 0 Å². The van der Waals surface area contributed by atoms with E-state index in [0.717, 1.165) is 0 Å². The Morgan fingerprint density at radius 3 is 1.50 bits per heavy atom. The fourth-order valence-electron chi connectivity index (χ4n) is 0. The summed E-state index contributed by atoms with van der Waals surface area (Å²) in [6, 6.07) is 0. The standard InChI is InChI=1S/HO3Se/c1-4(2)3/h(H,1,2,3). The van der Waals surface area contributed by atoms with E-state index in [1.807, 2.05) is 0 Å². The molecule has 0 bridgehead atoms. The quantitative estimate of drug-likeness (QED) is 0.418. The summed E-state index contributed by atoms with van der Waals surface area (Å²) in [5.41, 5.74) is 0. The Kier molecular flexibility index (Phi) is 1.43. The second kappa shape index (κ2) is 1.40. The van der Waals surface area contributed by atoms with Crippen molar-refractivity contribution < 1.29 is 11.9 Å². The van der Waals surface area contributed by atoms with Crippen molar-refractivity contribution in [3.8, 4) is 0 Å². The average Bonchev–Trinajstić information content (AvgIpc) is 0.811. The first-order valence-electron chi connectivity index (χ1n) is 0.516. The van der Waals surface area contributed by atoms with Crippen molar-refractivity contribution in [3.05, 3.63) is 0 Å². The Balaban J connectivity index is 3.51. The van der Waals surface area contributed by atoms with E-state index >= 15 is 0 Å². The Hall–Kier alpha value is 0.0795. The first-order valence-corrected chi connectivity index (χ1v) is 2.68. The molecule has 0 heterocycles. The van der Waals surface area contributed by atoms with E-state index in [2.05, 4.69) is 0 Å². The molecule has 3 nitrogen and oxygen atoms in total. The van der Waals surface area contributed by atoms with Crippen LogP contribution in [-0.2, 0) is 7.67 Å². The molecule has 0 rings (SSSR count). The van der Waals surface area contributed by atoms with Crippen LogP contribution in [0.5, 0.6) is 0 Å². The van der Waals surface area contributed by atoms with E-state index in [-0.39, 0.29) is 0 Å². The van der Waals surface area contributed by atoms with Crippen LogP contribution in [0, 0.1) is 0 Å². The number of rotatable bonds is 0. The van der Waals surface area contributed by atoms with Gasteiger partial charge in [0.1, 0.15) is 0 Å². The van der Waals surface area contributed by atoms with Crippen molar-refractivity contribution in [2.45, 2.75) is 0 Å². The van der Waals surface area contributed by atoms with Crippen LogP contribution in [0.2, 0.25) is 0 Å². The summed E-state index contributed by atoms with van der Waals surface area (Å²) in [5, 5.41) is 0. The molecule has 0 aromatic carbocycles. The van der Waals surface area contributed by atoms with E-state index in [0.29, 0.717) is 0 Å². The summed E-state index contributed by atoms with van der Waals surface area (Å²) >= 11 is -3.54. The number of hydrogen-bond donors (Lipinski definition) is 1. The molecule has 0 fully saturated rings. The third kappa shape index (κ3) is 384. The summed E-state index contributed by atoms with van der Waals surface area (Å²) in [7, 11) is 0. The van der Waals surface area contributed by atoms with Gasteiger partial charge in [0, 0.05) is 0 Å². The first kappa shape index (κ1) is 4.08. The molecular weight excluding hydrogens is 127 g/mol. The molecule has 0 aliphatic heterocycles. The van der Waals surface area contributed by atoms with Crippen molar-refractivity contribution >= 4 is 14.1 Å². The normalized spacial score (nSPS) is 6.25. The molecule has 0 saturated heterocycles. The zero-order valence-corrected chi connectivity index (χ0v) is 3.39. The minimum absolute atomic E-state index is 3.54. The van der Waals surface area contributed by atoms with Crippen molar-refractivity contribution in [3.63, 3.8) is 0 Å². The van der Waals surface area contributed by atoms with Gasteiger partial charge in [-0.25, -0.2) is 0 Å². The second-order valence-corrected chi connectivity index (χ2v) is 1.13. The van der Waals surface area contributed by atoms with Gasteiger partial charge < -0.3 is 0 Å². The fourth-order valence-corrected chi connectivity index (χ4v) is 0. The molecule has 0 saturated carbocycles. The van der Waals surface area contributed by atoms with Gasteiger partial charge in [0.2, 0.25) is 0 Å². The zero-order valence-electron chi connectivity index (χ0n) is 1.67. The Labute approximate surface area is 26.9 Å². The van der Waals surface area contributed by atoms with Gasteiger partial charge in [0.05, 0.1) is 0 Å². The van der Waals surface area contributed by atoms with Crippen molar-refractivity contribution in [2.75, 3.05) is 0 Å². The average molecular weight is 128 g/mol. The molecule has 1 radical (unpaired) electrons. The Morgan fingerprint density at radius 1 is 1.50 bits per heavy atom. The van der Waals surface area contributed by atoms with Gasteiger partial charge in [-0.15, -0.1) is 0 Å². The van der Waals surface area contributed by atoms with E-state index in [1.54, 1.807) is 0 Å². The van der Waals surface area contributed by atoms with E-state index < -0.39 is 14.1 Å². The third-order valence-electron chi connectivity index (χ3n) is 0. The first-order chi connectivity index (χ1) is 1.73. The predicted octanol–water partition coefficient (Wildman–Crippen LogP) is -1.18. The summed E-state index contributed by atoms with van der Waals surface area (Å²) < 4.78 is 24.4. The molecule has 4 heteroatoms. The Bertz CT molecular complexity index is 51.7. The van der Waals surface area contributed by atoms with Gasteiger partial charge in [-0.05, 0) is 0 Å². The molecule has 0 aliphatic carbocycles. The molecule has 0 aromatic rings. The molecule has 1 N–H and O–H groups in total. The predicted molar refractivity (Wildman–Crippen MR) is 9.35 cm³/mol. The maximum atomic E-state index is 8.65. The van der Waals surface area contributed by atoms with Crippen LogP contribution in [0.3, 0.4) is 0 Å². The molecule has 0 unspecified atom stereocenters. The molecule has 0 atom stereocenters. The van der Waals surface area contributed by atoms with Gasteiger partial charge in [-0.2, -0.15) is 0 Å². The van der Waals surface area contributed by atoms with E-state index in [4.69, 9.17) is 11.9 Å². The van der Waals surface area contributed by atoms with Gasteiger partial charge in [0.25, 0.3) is 0 Å². The van der Waals surface area contributed by atoms with Gasteiger partial charge in [-0.1, -0.05) is 0 Å². The van der Waals surface area contributed by atoms with Gasteiger partial charge in [-0.3, -0.25) is 0 Å². The molecule has 0 aromatic heterocycles. The van der Waals surface area contributed by atoms with Crippen LogP contribution in [0.25, 0.3) is 0 Å². The van der Waals surface area contributed by atoms with Crippen LogP contribution in [0.4, 0.5) is 0 Å². The van der Waals surface area contributed by atoms with Crippen LogP contribution >= 0.6 is 0 Å². The maximum absolute atomic E-state index is 8.65. The van der Waals surface area contributed by atoms with Crippen molar-refractivity contribution in [1.82, 2.24) is 0 Å². The van der Waals surface area contributed by atoms with Crippen LogP contribution in [0.1, 0.15) is 0 Å². The summed E-state index contributed by atoms with van der Waals surface area (Å²) in [5.74, 6) is 0. The topological polar surface area (TPSA) is 54.4 Å². The van der Waals surface area contributed by atoms with Crippen LogP contribution < -0.4 is 0 Å². The summed E-state index contributed by atoms with van der Waals surface area (Å²) in [6.45, 7) is 0. The minimum atomic E-state index is -3.54. The second-order valence-electron chi connectivity index (χ2n) is 0.217. The summed E-state index contributed by atoms with van der Waals surface area (Å²) in [6.07, 6.45) is 0. The zero-order chi connectivity index (χ0) is 3.58. The SMILES string of the molecule is O=[Se](=O)O. The van der Waals surface area contributed by atoms with Gasteiger partial charge >= 0.3 is 26.0 Å².